The van der Waals surface area contributed by atoms with Crippen molar-refractivity contribution in [2.75, 3.05) is 13.1 Å². The molecule has 3 heterocycles. The maximum atomic E-state index is 12.4. The second-order valence-electron chi connectivity index (χ2n) is 5.95. The van der Waals surface area contributed by atoms with Crippen LogP contribution in [0.3, 0.4) is 0 Å². The maximum Gasteiger partial charge on any atom is 0.418 e. The van der Waals surface area contributed by atoms with Crippen molar-refractivity contribution in [1.82, 2.24) is 15.1 Å². The van der Waals surface area contributed by atoms with Gasteiger partial charge in [0.2, 0.25) is 0 Å². The van der Waals surface area contributed by atoms with E-state index >= 15 is 0 Å². The molecule has 26 heavy (non-hydrogen) atoms. The number of aromatic nitrogens is 1. The van der Waals surface area contributed by atoms with E-state index in [1.54, 1.807) is 0 Å². The topological polar surface area (TPSA) is 198 Å². The van der Waals surface area contributed by atoms with Gasteiger partial charge in [-0.15, -0.1) is 4.28 Å². The molecule has 0 radical (unpaired) electrons. The summed E-state index contributed by atoms with van der Waals surface area (Å²) in [7, 11) is -4.80. The number of rotatable bonds is 6. The lowest BCUT2D eigenvalue weighted by atomic mass is 9.98. The van der Waals surface area contributed by atoms with Crippen LogP contribution in [0.25, 0.3) is 0 Å². The molecule has 1 aromatic rings. The van der Waals surface area contributed by atoms with Crippen LogP contribution in [0.5, 0.6) is 0 Å². The number of hydrogen-bond acceptors (Lipinski definition) is 8. The van der Waals surface area contributed by atoms with E-state index in [-0.39, 0.29) is 24.8 Å². The SMILES string of the molecule is NC(N)=NC[C@H](O)c1cc([C@@H]2CC[C@@H]3CN2C(=O)N3OS(=O)(=O)O)no1. The van der Waals surface area contributed by atoms with Crippen molar-refractivity contribution >= 4 is 22.4 Å². The van der Waals surface area contributed by atoms with E-state index in [4.69, 9.17) is 20.5 Å². The lowest BCUT2D eigenvalue weighted by molar-refractivity contribution is -0.0317. The van der Waals surface area contributed by atoms with Gasteiger partial charge in [-0.2, -0.15) is 13.5 Å². The molecule has 0 aromatic carbocycles. The monoisotopic (exact) mass is 390 g/mol. The Labute approximate surface area is 148 Å². The van der Waals surface area contributed by atoms with Crippen LogP contribution in [-0.2, 0) is 14.7 Å². The summed E-state index contributed by atoms with van der Waals surface area (Å²) in [4.78, 5) is 17.4. The highest BCUT2D eigenvalue weighted by atomic mass is 32.3. The van der Waals surface area contributed by atoms with E-state index in [2.05, 4.69) is 14.4 Å². The van der Waals surface area contributed by atoms with Gasteiger partial charge < -0.3 is 26.0 Å². The number of nitrogens with zero attached hydrogens (tertiary/aromatic N) is 4. The van der Waals surface area contributed by atoms with Gasteiger partial charge in [0.05, 0.1) is 18.6 Å². The van der Waals surface area contributed by atoms with E-state index in [0.29, 0.717) is 23.6 Å². The number of fused-ring (bicyclic) bond motifs is 2. The Morgan fingerprint density at radius 1 is 1.50 bits per heavy atom. The number of hydrogen-bond donors (Lipinski definition) is 4. The third-order valence-corrected chi connectivity index (χ3v) is 4.51. The number of amides is 2. The summed E-state index contributed by atoms with van der Waals surface area (Å²) in [6, 6.07) is -0.209. The molecule has 144 valence electrons. The zero-order valence-corrected chi connectivity index (χ0v) is 14.2. The molecule has 0 unspecified atom stereocenters. The van der Waals surface area contributed by atoms with Gasteiger partial charge in [-0.25, -0.2) is 4.79 Å². The molecule has 2 aliphatic rings. The molecule has 0 spiro atoms. The van der Waals surface area contributed by atoms with E-state index in [1.165, 1.54) is 11.0 Å². The summed E-state index contributed by atoms with van der Waals surface area (Å²) in [5, 5.41) is 14.5. The van der Waals surface area contributed by atoms with Gasteiger partial charge in [0.15, 0.2) is 11.7 Å². The largest absolute Gasteiger partial charge is 0.418 e. The first-order valence-corrected chi connectivity index (χ1v) is 8.99. The zero-order valence-electron chi connectivity index (χ0n) is 13.4. The first kappa shape index (κ1) is 18.4. The smallest absolute Gasteiger partial charge is 0.383 e. The van der Waals surface area contributed by atoms with Crippen LogP contribution in [0, 0.1) is 0 Å². The molecule has 14 heteroatoms. The molecular weight excluding hydrogens is 372 g/mol. The number of urea groups is 1. The highest BCUT2D eigenvalue weighted by Gasteiger charge is 2.48. The molecule has 0 saturated carbocycles. The molecule has 2 aliphatic heterocycles. The normalized spacial score (nSPS) is 24.0. The number of nitrogens with two attached hydrogens (primary N) is 2. The minimum Gasteiger partial charge on any atom is -0.383 e. The third kappa shape index (κ3) is 3.72. The van der Waals surface area contributed by atoms with Gasteiger partial charge in [0.1, 0.15) is 11.8 Å². The van der Waals surface area contributed by atoms with Gasteiger partial charge in [0, 0.05) is 12.6 Å². The number of piperidine rings is 1. The number of carbonyl (C=O) groups is 1. The zero-order chi connectivity index (χ0) is 19.1. The Hall–Kier alpha value is -2.42. The molecule has 3 rings (SSSR count). The number of aliphatic hydroxyl groups is 1. The third-order valence-electron chi connectivity index (χ3n) is 4.16. The molecule has 6 N–H and O–H groups in total. The number of aliphatic hydroxyl groups excluding tert-OH is 1. The highest BCUT2D eigenvalue weighted by Crippen LogP contribution is 2.38. The lowest BCUT2D eigenvalue weighted by Crippen LogP contribution is -2.35. The fraction of sp³-hybridized carbons (Fsp3) is 0.583. The Morgan fingerprint density at radius 2 is 2.23 bits per heavy atom. The Bertz CT molecular complexity index is 820. The summed E-state index contributed by atoms with van der Waals surface area (Å²) in [6.45, 7) is 0.0973. The van der Waals surface area contributed by atoms with Crippen molar-refractivity contribution in [1.29, 1.82) is 0 Å². The predicted octanol–water partition coefficient (Wildman–Crippen LogP) is -1.34. The Morgan fingerprint density at radius 3 is 2.88 bits per heavy atom. The molecule has 13 nitrogen and oxygen atoms in total. The van der Waals surface area contributed by atoms with E-state index < -0.39 is 34.6 Å². The van der Waals surface area contributed by atoms with Crippen molar-refractivity contribution < 1.29 is 31.7 Å². The summed E-state index contributed by atoms with van der Waals surface area (Å²) in [5.74, 6) is -0.0477. The van der Waals surface area contributed by atoms with Crippen LogP contribution >= 0.6 is 0 Å². The summed E-state index contributed by atoms with van der Waals surface area (Å²) in [6.07, 6.45) is -0.206. The van der Waals surface area contributed by atoms with Gasteiger partial charge >= 0.3 is 16.4 Å². The van der Waals surface area contributed by atoms with Crippen molar-refractivity contribution in [3.8, 4) is 0 Å². The maximum absolute atomic E-state index is 12.4. The molecule has 3 atom stereocenters. The average Bonchev–Trinajstić information content (AvgIpc) is 3.12. The number of hydroxylamine groups is 2. The summed E-state index contributed by atoms with van der Waals surface area (Å²) in [5.41, 5.74) is 10.8. The number of carbonyl (C=O) groups excluding carboxylic acids is 1. The minimum atomic E-state index is -4.80. The quantitative estimate of drug-likeness (QED) is 0.256. The van der Waals surface area contributed by atoms with Crippen molar-refractivity contribution in [3.63, 3.8) is 0 Å². The van der Waals surface area contributed by atoms with E-state index in [9.17, 15) is 18.3 Å². The van der Waals surface area contributed by atoms with E-state index in [0.717, 1.165) is 0 Å². The first-order chi connectivity index (χ1) is 12.2. The van der Waals surface area contributed by atoms with Crippen LogP contribution in [-0.4, -0.2) is 64.3 Å². The van der Waals surface area contributed by atoms with Crippen molar-refractivity contribution in [3.05, 3.63) is 17.5 Å². The molecular formula is C12H18N6O7S. The first-order valence-electron chi connectivity index (χ1n) is 7.62. The van der Waals surface area contributed by atoms with E-state index in [1.807, 2.05) is 0 Å². The Kier molecular flexibility index (Phi) is 4.74. The number of guanidine groups is 1. The highest BCUT2D eigenvalue weighted by molar-refractivity contribution is 7.80. The molecule has 2 saturated heterocycles. The standard InChI is InChI=1S/C12H18N6O7S/c13-11(14)15-4-9(19)10-3-7(16-24-10)8-2-1-6-5-17(8)12(20)18(6)25-26(21,22)23/h3,6,8-9,19H,1-2,4-5H2,(H4,13,14,15)(H,21,22,23)/t6-,8+,9+/m1/s1. The fourth-order valence-corrected chi connectivity index (χ4v) is 3.43. The molecule has 2 fully saturated rings. The van der Waals surface area contributed by atoms with Gasteiger partial charge in [-0.3, -0.25) is 9.55 Å². The number of aliphatic imine (C=N–C) groups is 1. The van der Waals surface area contributed by atoms with Crippen molar-refractivity contribution in [2.45, 2.75) is 31.0 Å². The van der Waals surface area contributed by atoms with Gasteiger partial charge in [0.25, 0.3) is 0 Å². The van der Waals surface area contributed by atoms with Crippen molar-refractivity contribution in [2.24, 2.45) is 16.5 Å². The fourth-order valence-electron chi connectivity index (χ4n) is 3.04. The second-order valence-corrected chi connectivity index (χ2v) is 6.95. The predicted molar refractivity (Wildman–Crippen MR) is 84.5 cm³/mol. The second kappa shape index (κ2) is 6.71. The Balaban J connectivity index is 1.74. The van der Waals surface area contributed by atoms with Crippen LogP contribution < -0.4 is 11.5 Å². The van der Waals surface area contributed by atoms with Crippen LogP contribution in [0.15, 0.2) is 15.6 Å². The molecule has 0 aliphatic carbocycles. The molecule has 2 amide bonds. The van der Waals surface area contributed by atoms with Crippen LogP contribution in [0.4, 0.5) is 4.79 Å². The molecule has 1 aromatic heterocycles. The lowest BCUT2D eigenvalue weighted by Gasteiger charge is -2.28. The molecule has 2 bridgehead atoms. The van der Waals surface area contributed by atoms with Gasteiger partial charge in [-0.05, 0) is 12.8 Å². The van der Waals surface area contributed by atoms with Crippen LogP contribution in [0.2, 0.25) is 0 Å². The summed E-state index contributed by atoms with van der Waals surface area (Å²) >= 11 is 0. The van der Waals surface area contributed by atoms with Crippen LogP contribution in [0.1, 0.15) is 36.4 Å². The average molecular weight is 390 g/mol. The summed E-state index contributed by atoms with van der Waals surface area (Å²) < 4.78 is 40.0. The van der Waals surface area contributed by atoms with Gasteiger partial charge in [-0.1, -0.05) is 5.16 Å². The minimum absolute atomic E-state index is 0.109.